The Morgan fingerprint density at radius 1 is 1.04 bits per heavy atom. The maximum atomic E-state index is 12.0. The molecular formula is C16H13Cl3N2O2. The molecular weight excluding hydrogens is 359 g/mol. The number of benzene rings is 2. The van der Waals surface area contributed by atoms with Crippen molar-refractivity contribution in [3.8, 4) is 5.75 Å². The van der Waals surface area contributed by atoms with Crippen LogP contribution in [0, 0.1) is 0 Å². The summed E-state index contributed by atoms with van der Waals surface area (Å²) in [6, 6.07) is 9.04. The number of amides is 2. The second kappa shape index (κ2) is 7.21. The van der Waals surface area contributed by atoms with Gasteiger partial charge in [-0.3, -0.25) is 0 Å². The summed E-state index contributed by atoms with van der Waals surface area (Å²) in [5, 5.41) is 11.2. The van der Waals surface area contributed by atoms with Gasteiger partial charge in [0.2, 0.25) is 0 Å². The van der Waals surface area contributed by atoms with Crippen molar-refractivity contribution in [3.05, 3.63) is 62.6 Å². The normalized spacial score (nSPS) is 11.4. The zero-order chi connectivity index (χ0) is 17.1. The molecule has 0 unspecified atom stereocenters. The summed E-state index contributed by atoms with van der Waals surface area (Å²) < 4.78 is 0. The molecule has 1 N–H and O–H groups in total. The van der Waals surface area contributed by atoms with Gasteiger partial charge in [-0.2, -0.15) is 4.99 Å². The third-order valence-electron chi connectivity index (χ3n) is 3.00. The summed E-state index contributed by atoms with van der Waals surface area (Å²) >= 11 is 17.8. The number of nitrogens with zero attached hydrogens (tertiary/aromatic N) is 2. The predicted molar refractivity (Wildman–Crippen MR) is 94.3 cm³/mol. The molecule has 7 heteroatoms. The minimum absolute atomic E-state index is 0.125. The van der Waals surface area contributed by atoms with Crippen molar-refractivity contribution in [1.29, 1.82) is 0 Å². The van der Waals surface area contributed by atoms with Crippen LogP contribution in [-0.2, 0) is 0 Å². The summed E-state index contributed by atoms with van der Waals surface area (Å²) in [4.78, 5) is 17.4. The lowest BCUT2D eigenvalue weighted by Crippen LogP contribution is -2.20. The van der Waals surface area contributed by atoms with Crippen molar-refractivity contribution < 1.29 is 9.90 Å². The standard InChI is InChI=1S/C16H13Cl3N2O2/c1-21(2)16(23)20-15(9-3-5-10(17)6-4-9)11-7-12(18)13(19)8-14(11)22/h3-8,22H,1-2H3/b20-15+. The van der Waals surface area contributed by atoms with Crippen LogP contribution in [0.25, 0.3) is 0 Å². The van der Waals surface area contributed by atoms with Crippen LogP contribution in [0.3, 0.4) is 0 Å². The fraction of sp³-hybridized carbons (Fsp3) is 0.125. The second-order valence-corrected chi connectivity index (χ2v) is 6.18. The van der Waals surface area contributed by atoms with Gasteiger partial charge in [0.15, 0.2) is 0 Å². The van der Waals surface area contributed by atoms with Crippen LogP contribution in [0.15, 0.2) is 41.4 Å². The molecule has 2 aromatic rings. The zero-order valence-electron chi connectivity index (χ0n) is 12.3. The van der Waals surface area contributed by atoms with Gasteiger partial charge >= 0.3 is 6.03 Å². The van der Waals surface area contributed by atoms with Crippen molar-refractivity contribution in [2.75, 3.05) is 14.1 Å². The molecule has 0 atom stereocenters. The third kappa shape index (κ3) is 4.16. The first kappa shape index (κ1) is 17.6. The van der Waals surface area contributed by atoms with Crippen LogP contribution in [0.4, 0.5) is 4.79 Å². The van der Waals surface area contributed by atoms with Crippen molar-refractivity contribution in [3.63, 3.8) is 0 Å². The van der Waals surface area contributed by atoms with E-state index in [0.717, 1.165) is 0 Å². The average molecular weight is 372 g/mol. The largest absolute Gasteiger partial charge is 0.507 e. The highest BCUT2D eigenvalue weighted by Gasteiger charge is 2.17. The molecule has 0 fully saturated rings. The smallest absolute Gasteiger partial charge is 0.343 e. The maximum Gasteiger partial charge on any atom is 0.343 e. The lowest BCUT2D eigenvalue weighted by molar-refractivity contribution is 0.227. The molecule has 23 heavy (non-hydrogen) atoms. The van der Waals surface area contributed by atoms with Gasteiger partial charge in [-0.05, 0) is 18.2 Å². The third-order valence-corrected chi connectivity index (χ3v) is 3.98. The Morgan fingerprint density at radius 3 is 2.17 bits per heavy atom. The van der Waals surface area contributed by atoms with Crippen LogP contribution in [0.2, 0.25) is 15.1 Å². The Labute approximate surface area is 148 Å². The summed E-state index contributed by atoms with van der Waals surface area (Å²) in [7, 11) is 3.17. The summed E-state index contributed by atoms with van der Waals surface area (Å²) in [6.07, 6.45) is 0. The van der Waals surface area contributed by atoms with Gasteiger partial charge in [0.05, 0.1) is 15.8 Å². The number of carbonyl (C=O) groups is 1. The van der Waals surface area contributed by atoms with E-state index in [2.05, 4.69) is 4.99 Å². The minimum atomic E-state index is -0.472. The topological polar surface area (TPSA) is 52.9 Å². The fourth-order valence-electron chi connectivity index (χ4n) is 1.81. The number of aromatic hydroxyl groups is 1. The lowest BCUT2D eigenvalue weighted by Gasteiger charge is -2.12. The van der Waals surface area contributed by atoms with Crippen molar-refractivity contribution in [2.45, 2.75) is 0 Å². The molecule has 0 bridgehead atoms. The molecule has 120 valence electrons. The molecule has 0 aliphatic rings. The molecule has 0 radical (unpaired) electrons. The van der Waals surface area contributed by atoms with Gasteiger partial charge in [0, 0.05) is 36.3 Å². The van der Waals surface area contributed by atoms with Gasteiger partial charge in [0.25, 0.3) is 0 Å². The van der Waals surface area contributed by atoms with E-state index in [1.54, 1.807) is 38.4 Å². The van der Waals surface area contributed by atoms with Crippen molar-refractivity contribution in [2.24, 2.45) is 4.99 Å². The predicted octanol–water partition coefficient (Wildman–Crippen LogP) is 4.87. The molecule has 0 spiro atoms. The highest BCUT2D eigenvalue weighted by molar-refractivity contribution is 6.42. The number of rotatable bonds is 2. The first-order valence-corrected chi connectivity index (χ1v) is 7.67. The molecule has 2 rings (SSSR count). The molecule has 0 saturated carbocycles. The Morgan fingerprint density at radius 2 is 1.61 bits per heavy atom. The average Bonchev–Trinajstić information content (AvgIpc) is 2.49. The number of aliphatic imine (C=N–C) groups is 1. The molecule has 0 heterocycles. The first-order chi connectivity index (χ1) is 10.8. The zero-order valence-corrected chi connectivity index (χ0v) is 14.6. The number of hydrogen-bond donors (Lipinski definition) is 1. The van der Waals surface area contributed by atoms with E-state index in [9.17, 15) is 9.90 Å². The van der Waals surface area contributed by atoms with E-state index in [1.165, 1.54) is 17.0 Å². The molecule has 0 saturated heterocycles. The first-order valence-electron chi connectivity index (χ1n) is 6.54. The van der Waals surface area contributed by atoms with Gasteiger partial charge < -0.3 is 10.0 Å². The SMILES string of the molecule is CN(C)C(=O)/N=C(\c1ccc(Cl)cc1)c1cc(Cl)c(Cl)cc1O. The number of halogens is 3. The monoisotopic (exact) mass is 370 g/mol. The Hall–Kier alpha value is -1.75. The Kier molecular flexibility index (Phi) is 5.52. The molecule has 2 amide bonds. The molecule has 4 nitrogen and oxygen atoms in total. The van der Waals surface area contributed by atoms with E-state index in [4.69, 9.17) is 34.8 Å². The number of urea groups is 1. The van der Waals surface area contributed by atoms with E-state index in [-0.39, 0.29) is 21.5 Å². The van der Waals surface area contributed by atoms with Crippen LogP contribution in [0.1, 0.15) is 11.1 Å². The van der Waals surface area contributed by atoms with Gasteiger partial charge in [-0.15, -0.1) is 0 Å². The van der Waals surface area contributed by atoms with Gasteiger partial charge in [-0.1, -0.05) is 46.9 Å². The Balaban J connectivity index is 2.65. The van der Waals surface area contributed by atoms with E-state index < -0.39 is 6.03 Å². The summed E-state index contributed by atoms with van der Waals surface area (Å²) in [5.74, 6) is -0.125. The molecule has 0 aliphatic heterocycles. The van der Waals surface area contributed by atoms with E-state index in [0.29, 0.717) is 16.1 Å². The van der Waals surface area contributed by atoms with Gasteiger partial charge in [0.1, 0.15) is 5.75 Å². The Bertz CT molecular complexity index is 772. The fourth-order valence-corrected chi connectivity index (χ4v) is 2.26. The van der Waals surface area contributed by atoms with Crippen LogP contribution < -0.4 is 0 Å². The minimum Gasteiger partial charge on any atom is -0.507 e. The second-order valence-electron chi connectivity index (χ2n) is 4.93. The van der Waals surface area contributed by atoms with Crippen LogP contribution in [-0.4, -0.2) is 35.8 Å². The van der Waals surface area contributed by atoms with Crippen LogP contribution in [0.5, 0.6) is 5.75 Å². The van der Waals surface area contributed by atoms with Crippen LogP contribution >= 0.6 is 34.8 Å². The maximum absolute atomic E-state index is 12.0. The summed E-state index contributed by atoms with van der Waals surface area (Å²) in [5.41, 5.74) is 1.19. The number of carbonyl (C=O) groups excluding carboxylic acids is 1. The molecule has 0 aromatic heterocycles. The van der Waals surface area contributed by atoms with Crippen molar-refractivity contribution >= 4 is 46.5 Å². The van der Waals surface area contributed by atoms with Crippen molar-refractivity contribution in [1.82, 2.24) is 4.90 Å². The number of phenols is 1. The van der Waals surface area contributed by atoms with Gasteiger partial charge in [-0.25, -0.2) is 4.79 Å². The van der Waals surface area contributed by atoms with E-state index in [1.807, 2.05) is 0 Å². The van der Waals surface area contributed by atoms with E-state index >= 15 is 0 Å². The quantitative estimate of drug-likeness (QED) is 0.766. The molecule has 0 aliphatic carbocycles. The summed E-state index contributed by atoms with van der Waals surface area (Å²) in [6.45, 7) is 0. The highest BCUT2D eigenvalue weighted by atomic mass is 35.5. The highest BCUT2D eigenvalue weighted by Crippen LogP contribution is 2.31. The molecule has 2 aromatic carbocycles. The number of hydrogen-bond acceptors (Lipinski definition) is 2. The number of phenolic OH excluding ortho intramolecular Hbond substituents is 1. The lowest BCUT2D eigenvalue weighted by atomic mass is 10.0.